The minimum absolute atomic E-state index is 0.0633. The number of carbonyl (C=O) groups is 2. The molecule has 0 bridgehead atoms. The lowest BCUT2D eigenvalue weighted by molar-refractivity contribution is -0.127. The number of hydrogen-bond donors (Lipinski definition) is 3. The Morgan fingerprint density at radius 3 is 2.95 bits per heavy atom. The lowest BCUT2D eigenvalue weighted by Gasteiger charge is -2.31. The van der Waals surface area contributed by atoms with Crippen molar-refractivity contribution >= 4 is 34.8 Å². The van der Waals surface area contributed by atoms with E-state index in [1.807, 2.05) is 4.90 Å². The Kier molecular flexibility index (Phi) is 4.46. The molecule has 7 heteroatoms. The highest BCUT2D eigenvalue weighted by Gasteiger charge is 2.25. The van der Waals surface area contributed by atoms with Crippen molar-refractivity contribution in [2.24, 2.45) is 0 Å². The average Bonchev–Trinajstić information content (AvgIpc) is 2.42. The summed E-state index contributed by atoms with van der Waals surface area (Å²) in [5.41, 5.74) is 6.69. The van der Waals surface area contributed by atoms with E-state index in [4.69, 9.17) is 17.3 Å². The molecule has 1 aromatic rings. The van der Waals surface area contributed by atoms with Crippen LogP contribution in [0.2, 0.25) is 5.02 Å². The zero-order valence-electron chi connectivity index (χ0n) is 11.1. The van der Waals surface area contributed by atoms with Gasteiger partial charge in [0.2, 0.25) is 11.8 Å². The Morgan fingerprint density at radius 2 is 2.30 bits per heavy atom. The molecule has 1 atom stereocenters. The van der Waals surface area contributed by atoms with Gasteiger partial charge >= 0.3 is 0 Å². The molecular weight excluding hydrogens is 280 g/mol. The topological polar surface area (TPSA) is 87.5 Å². The number of benzene rings is 1. The molecule has 0 radical (unpaired) electrons. The van der Waals surface area contributed by atoms with Crippen LogP contribution in [0.15, 0.2) is 18.2 Å². The summed E-state index contributed by atoms with van der Waals surface area (Å²) >= 11 is 5.83. The van der Waals surface area contributed by atoms with Gasteiger partial charge in [-0.25, -0.2) is 0 Å². The summed E-state index contributed by atoms with van der Waals surface area (Å²) in [5, 5.41) is 5.94. The van der Waals surface area contributed by atoms with Crippen LogP contribution >= 0.6 is 11.6 Å². The summed E-state index contributed by atoms with van der Waals surface area (Å²) in [7, 11) is 0. The summed E-state index contributed by atoms with van der Waals surface area (Å²) in [6.45, 7) is 3.22. The maximum absolute atomic E-state index is 12.2. The van der Waals surface area contributed by atoms with Crippen LogP contribution in [-0.4, -0.2) is 42.4 Å². The van der Waals surface area contributed by atoms with Crippen molar-refractivity contribution in [3.05, 3.63) is 23.2 Å². The van der Waals surface area contributed by atoms with E-state index in [0.29, 0.717) is 29.5 Å². The molecule has 6 nitrogen and oxygen atoms in total. The van der Waals surface area contributed by atoms with E-state index in [9.17, 15) is 9.59 Å². The molecule has 1 aliphatic heterocycles. The number of hydrogen-bond acceptors (Lipinski definition) is 4. The quantitative estimate of drug-likeness (QED) is 0.716. The molecule has 108 valence electrons. The van der Waals surface area contributed by atoms with Gasteiger partial charge in [0.05, 0.1) is 23.3 Å². The molecule has 0 spiro atoms. The van der Waals surface area contributed by atoms with Gasteiger partial charge in [0.15, 0.2) is 0 Å². The van der Waals surface area contributed by atoms with Crippen LogP contribution in [0.1, 0.15) is 6.92 Å². The fourth-order valence-corrected chi connectivity index (χ4v) is 2.14. The highest BCUT2D eigenvalue weighted by molar-refractivity contribution is 6.33. The molecule has 4 N–H and O–H groups in total. The van der Waals surface area contributed by atoms with Gasteiger partial charge in [-0.1, -0.05) is 11.6 Å². The highest BCUT2D eigenvalue weighted by atomic mass is 35.5. The largest absolute Gasteiger partial charge is 0.397 e. The zero-order chi connectivity index (χ0) is 14.7. The minimum Gasteiger partial charge on any atom is -0.397 e. The van der Waals surface area contributed by atoms with E-state index < -0.39 is 6.04 Å². The summed E-state index contributed by atoms with van der Waals surface area (Å²) in [4.78, 5) is 25.3. The number of piperazine rings is 1. The highest BCUT2D eigenvalue weighted by Crippen LogP contribution is 2.22. The SMILES string of the molecule is CC(C(=O)Nc1ccc(Cl)c(N)c1)N1CCNC(=O)C1. The lowest BCUT2D eigenvalue weighted by atomic mass is 10.2. The van der Waals surface area contributed by atoms with Gasteiger partial charge in [0.1, 0.15) is 0 Å². The molecule has 1 aliphatic rings. The van der Waals surface area contributed by atoms with Crippen molar-refractivity contribution in [1.29, 1.82) is 0 Å². The molecule has 2 rings (SSSR count). The second kappa shape index (κ2) is 6.11. The van der Waals surface area contributed by atoms with Crippen LogP contribution in [0.5, 0.6) is 0 Å². The Morgan fingerprint density at radius 1 is 1.55 bits per heavy atom. The van der Waals surface area contributed by atoms with E-state index in [1.165, 1.54) is 0 Å². The molecule has 2 amide bonds. The first-order valence-electron chi connectivity index (χ1n) is 6.34. The fourth-order valence-electron chi connectivity index (χ4n) is 2.02. The zero-order valence-corrected chi connectivity index (χ0v) is 11.9. The van der Waals surface area contributed by atoms with Gasteiger partial charge in [-0.15, -0.1) is 0 Å². The molecule has 1 saturated heterocycles. The maximum atomic E-state index is 12.2. The Labute approximate surface area is 122 Å². The normalized spacial score (nSPS) is 17.4. The first-order valence-corrected chi connectivity index (χ1v) is 6.72. The molecule has 1 unspecified atom stereocenters. The second-order valence-electron chi connectivity index (χ2n) is 4.72. The van der Waals surface area contributed by atoms with Crippen molar-refractivity contribution in [1.82, 2.24) is 10.2 Å². The summed E-state index contributed by atoms with van der Waals surface area (Å²) in [6, 6.07) is 4.53. The number of nitrogens with one attached hydrogen (secondary N) is 2. The average molecular weight is 297 g/mol. The number of nitrogens with zero attached hydrogens (tertiary/aromatic N) is 1. The Hall–Kier alpha value is -1.79. The number of rotatable bonds is 3. The van der Waals surface area contributed by atoms with Crippen LogP contribution in [0, 0.1) is 0 Å². The van der Waals surface area contributed by atoms with E-state index in [2.05, 4.69) is 10.6 Å². The predicted molar refractivity (Wildman–Crippen MR) is 78.5 cm³/mol. The minimum atomic E-state index is -0.391. The fraction of sp³-hybridized carbons (Fsp3) is 0.385. The molecule has 0 aliphatic carbocycles. The third kappa shape index (κ3) is 3.40. The van der Waals surface area contributed by atoms with Gasteiger partial charge in [-0.3, -0.25) is 14.5 Å². The van der Waals surface area contributed by atoms with E-state index in [1.54, 1.807) is 25.1 Å². The molecule has 1 aromatic carbocycles. The summed E-state index contributed by atoms with van der Waals surface area (Å²) in [5.74, 6) is -0.243. The molecule has 0 aromatic heterocycles. The van der Waals surface area contributed by atoms with Crippen LogP contribution in [0.25, 0.3) is 0 Å². The Balaban J connectivity index is 1.99. The van der Waals surface area contributed by atoms with Gasteiger partial charge in [-0.05, 0) is 25.1 Å². The number of nitrogens with two attached hydrogens (primary N) is 1. The van der Waals surface area contributed by atoms with Crippen molar-refractivity contribution in [3.8, 4) is 0 Å². The lowest BCUT2D eigenvalue weighted by Crippen LogP contribution is -2.53. The van der Waals surface area contributed by atoms with Gasteiger partial charge in [0.25, 0.3) is 0 Å². The van der Waals surface area contributed by atoms with Crippen molar-refractivity contribution in [2.75, 3.05) is 30.7 Å². The van der Waals surface area contributed by atoms with E-state index in [-0.39, 0.29) is 18.4 Å². The number of carbonyl (C=O) groups excluding carboxylic acids is 2. The Bertz CT molecular complexity index is 535. The number of anilines is 2. The monoisotopic (exact) mass is 296 g/mol. The van der Waals surface area contributed by atoms with Crippen molar-refractivity contribution < 1.29 is 9.59 Å². The van der Waals surface area contributed by atoms with Crippen LogP contribution in [0.3, 0.4) is 0 Å². The molecule has 1 heterocycles. The maximum Gasteiger partial charge on any atom is 0.241 e. The molecule has 20 heavy (non-hydrogen) atoms. The van der Waals surface area contributed by atoms with Gasteiger partial charge < -0.3 is 16.4 Å². The van der Waals surface area contributed by atoms with Crippen LogP contribution < -0.4 is 16.4 Å². The number of amides is 2. The predicted octanol–water partition coefficient (Wildman–Crippen LogP) is 0.681. The molecular formula is C13H17ClN4O2. The molecule has 1 fully saturated rings. The van der Waals surface area contributed by atoms with Crippen molar-refractivity contribution in [3.63, 3.8) is 0 Å². The van der Waals surface area contributed by atoms with Crippen LogP contribution in [0.4, 0.5) is 11.4 Å². The number of halogens is 1. The summed E-state index contributed by atoms with van der Waals surface area (Å²) in [6.07, 6.45) is 0. The number of nitrogen functional groups attached to an aromatic ring is 1. The third-order valence-corrected chi connectivity index (χ3v) is 3.60. The van der Waals surface area contributed by atoms with Crippen LogP contribution in [-0.2, 0) is 9.59 Å². The smallest absolute Gasteiger partial charge is 0.241 e. The first kappa shape index (κ1) is 14.6. The molecule has 0 saturated carbocycles. The second-order valence-corrected chi connectivity index (χ2v) is 5.13. The van der Waals surface area contributed by atoms with Crippen molar-refractivity contribution in [2.45, 2.75) is 13.0 Å². The standard InChI is InChI=1S/C13H17ClN4O2/c1-8(18-5-4-16-12(19)7-18)13(20)17-9-2-3-10(14)11(15)6-9/h2-3,6,8H,4-5,7,15H2,1H3,(H,16,19)(H,17,20). The van der Waals surface area contributed by atoms with Gasteiger partial charge in [0, 0.05) is 18.8 Å². The third-order valence-electron chi connectivity index (χ3n) is 3.26. The van der Waals surface area contributed by atoms with E-state index in [0.717, 1.165) is 0 Å². The first-order chi connectivity index (χ1) is 9.47. The van der Waals surface area contributed by atoms with Gasteiger partial charge in [-0.2, -0.15) is 0 Å². The van der Waals surface area contributed by atoms with E-state index >= 15 is 0 Å². The summed E-state index contributed by atoms with van der Waals surface area (Å²) < 4.78 is 0.